The molecule has 0 fully saturated rings. The number of amides is 1. The monoisotopic (exact) mass is 390 g/mol. The van der Waals surface area contributed by atoms with Crippen molar-refractivity contribution in [2.24, 2.45) is 0 Å². The number of hydrogen-bond acceptors (Lipinski definition) is 4. The molecule has 0 aliphatic heterocycles. The Bertz CT molecular complexity index is 1180. The van der Waals surface area contributed by atoms with Crippen LogP contribution in [0.2, 0.25) is 0 Å². The average Bonchev–Trinajstić information content (AvgIpc) is 3.37. The summed E-state index contributed by atoms with van der Waals surface area (Å²) in [5, 5.41) is 11.1. The molecule has 148 valence electrons. The van der Waals surface area contributed by atoms with Gasteiger partial charge in [0.25, 0.3) is 5.91 Å². The summed E-state index contributed by atoms with van der Waals surface area (Å²) in [5.41, 5.74) is 3.37. The van der Waals surface area contributed by atoms with Gasteiger partial charge in [-0.1, -0.05) is 12.1 Å². The van der Waals surface area contributed by atoms with E-state index >= 15 is 0 Å². The standard InChI is InChI=1S/C22H22N4O3/c1-4-26-18-9-6-10-20(29-3)16(18)12-19(26)17-13-21(25-24-17)23-22(27)14-7-5-8-15(11-14)28-2/h5-13H,4H2,1-3H3,(H2,23,24,25,27). The maximum absolute atomic E-state index is 12.5. The highest BCUT2D eigenvalue weighted by Crippen LogP contribution is 2.33. The van der Waals surface area contributed by atoms with Crippen LogP contribution in [0.15, 0.2) is 54.6 Å². The first kappa shape index (κ1) is 18.6. The summed E-state index contributed by atoms with van der Waals surface area (Å²) in [7, 11) is 3.24. The Kier molecular flexibility index (Phi) is 4.95. The average molecular weight is 390 g/mol. The number of H-pyrrole nitrogens is 1. The van der Waals surface area contributed by atoms with E-state index in [9.17, 15) is 4.79 Å². The molecule has 4 aromatic rings. The number of hydrogen-bond donors (Lipinski definition) is 2. The SMILES string of the molecule is CCn1c(-c2cc(NC(=O)c3cccc(OC)c3)n[nH]2)cc2c(OC)cccc21. The van der Waals surface area contributed by atoms with Gasteiger partial charge in [0.15, 0.2) is 5.82 Å². The fourth-order valence-corrected chi connectivity index (χ4v) is 3.47. The molecule has 0 atom stereocenters. The van der Waals surface area contributed by atoms with E-state index in [0.717, 1.165) is 34.6 Å². The van der Waals surface area contributed by atoms with Crippen molar-refractivity contribution in [2.75, 3.05) is 19.5 Å². The predicted octanol–water partition coefficient (Wildman–Crippen LogP) is 4.32. The van der Waals surface area contributed by atoms with Crippen LogP contribution in [-0.2, 0) is 6.54 Å². The Morgan fingerprint density at radius 1 is 1.10 bits per heavy atom. The van der Waals surface area contributed by atoms with Crippen LogP contribution in [-0.4, -0.2) is 34.9 Å². The Balaban J connectivity index is 1.64. The van der Waals surface area contributed by atoms with Crippen LogP contribution in [0.3, 0.4) is 0 Å². The lowest BCUT2D eigenvalue weighted by Gasteiger charge is -2.06. The zero-order valence-electron chi connectivity index (χ0n) is 16.5. The highest BCUT2D eigenvalue weighted by Gasteiger charge is 2.16. The van der Waals surface area contributed by atoms with Crippen LogP contribution in [0.25, 0.3) is 22.3 Å². The number of aromatic nitrogens is 3. The van der Waals surface area contributed by atoms with Gasteiger partial charge >= 0.3 is 0 Å². The normalized spacial score (nSPS) is 10.9. The first-order valence-electron chi connectivity index (χ1n) is 9.32. The van der Waals surface area contributed by atoms with Crippen molar-refractivity contribution >= 4 is 22.6 Å². The minimum atomic E-state index is -0.250. The molecule has 0 saturated heterocycles. The van der Waals surface area contributed by atoms with Gasteiger partial charge in [0.2, 0.25) is 0 Å². The molecule has 2 N–H and O–H groups in total. The maximum Gasteiger partial charge on any atom is 0.256 e. The molecule has 0 spiro atoms. The van der Waals surface area contributed by atoms with E-state index < -0.39 is 0 Å². The molecule has 2 heterocycles. The van der Waals surface area contributed by atoms with Crippen molar-refractivity contribution in [3.63, 3.8) is 0 Å². The molecule has 0 bridgehead atoms. The number of methoxy groups -OCH3 is 2. The third-order valence-electron chi connectivity index (χ3n) is 4.87. The lowest BCUT2D eigenvalue weighted by Crippen LogP contribution is -2.12. The predicted molar refractivity (Wildman–Crippen MR) is 113 cm³/mol. The second-order valence-corrected chi connectivity index (χ2v) is 6.52. The van der Waals surface area contributed by atoms with E-state index in [1.54, 1.807) is 38.5 Å². The first-order chi connectivity index (χ1) is 14.1. The minimum absolute atomic E-state index is 0.250. The second-order valence-electron chi connectivity index (χ2n) is 6.52. The number of ether oxygens (including phenoxy) is 2. The summed E-state index contributed by atoms with van der Waals surface area (Å²) in [4.78, 5) is 12.5. The van der Waals surface area contributed by atoms with E-state index in [2.05, 4.69) is 39.1 Å². The summed E-state index contributed by atoms with van der Waals surface area (Å²) >= 11 is 0. The Morgan fingerprint density at radius 2 is 1.93 bits per heavy atom. The zero-order chi connectivity index (χ0) is 20.4. The van der Waals surface area contributed by atoms with Crippen LogP contribution in [0.4, 0.5) is 5.82 Å². The molecule has 29 heavy (non-hydrogen) atoms. The van der Waals surface area contributed by atoms with Gasteiger partial charge in [-0.05, 0) is 43.3 Å². The fourth-order valence-electron chi connectivity index (χ4n) is 3.47. The van der Waals surface area contributed by atoms with Gasteiger partial charge in [-0.2, -0.15) is 5.10 Å². The number of anilines is 1. The number of benzene rings is 2. The highest BCUT2D eigenvalue weighted by atomic mass is 16.5. The van der Waals surface area contributed by atoms with Gasteiger partial charge in [0.05, 0.1) is 31.1 Å². The fraction of sp³-hybridized carbons (Fsp3) is 0.182. The number of carbonyl (C=O) groups is 1. The van der Waals surface area contributed by atoms with Crippen molar-refractivity contribution in [3.05, 3.63) is 60.2 Å². The molecule has 0 saturated carbocycles. The third kappa shape index (κ3) is 3.42. The van der Waals surface area contributed by atoms with Crippen molar-refractivity contribution in [1.29, 1.82) is 0 Å². The third-order valence-corrected chi connectivity index (χ3v) is 4.87. The second kappa shape index (κ2) is 7.71. The summed E-state index contributed by atoms with van der Waals surface area (Å²) in [6, 6.07) is 16.9. The highest BCUT2D eigenvalue weighted by molar-refractivity contribution is 6.04. The molecule has 2 aromatic carbocycles. The molecule has 0 aliphatic carbocycles. The quantitative estimate of drug-likeness (QED) is 0.514. The molecule has 0 aliphatic rings. The molecule has 4 rings (SSSR count). The molecule has 0 radical (unpaired) electrons. The minimum Gasteiger partial charge on any atom is -0.497 e. The Hall–Kier alpha value is -3.74. The van der Waals surface area contributed by atoms with Gasteiger partial charge in [-0.3, -0.25) is 9.89 Å². The van der Waals surface area contributed by atoms with Crippen molar-refractivity contribution in [1.82, 2.24) is 14.8 Å². The first-order valence-corrected chi connectivity index (χ1v) is 9.32. The molecule has 7 heteroatoms. The summed E-state index contributed by atoms with van der Waals surface area (Å²) in [6.07, 6.45) is 0. The van der Waals surface area contributed by atoms with Gasteiger partial charge in [-0.15, -0.1) is 0 Å². The van der Waals surface area contributed by atoms with E-state index in [0.29, 0.717) is 17.1 Å². The maximum atomic E-state index is 12.5. The molecule has 7 nitrogen and oxygen atoms in total. The van der Waals surface area contributed by atoms with Gasteiger partial charge < -0.3 is 19.4 Å². The topological polar surface area (TPSA) is 81.2 Å². The molecular formula is C22H22N4O3. The number of fused-ring (bicyclic) bond motifs is 1. The number of aryl methyl sites for hydroxylation is 1. The van der Waals surface area contributed by atoms with Crippen molar-refractivity contribution in [3.8, 4) is 22.9 Å². The number of nitrogens with zero attached hydrogens (tertiary/aromatic N) is 2. The van der Waals surface area contributed by atoms with Gasteiger partial charge in [0.1, 0.15) is 11.5 Å². The molecular weight excluding hydrogens is 368 g/mol. The van der Waals surface area contributed by atoms with Crippen LogP contribution < -0.4 is 14.8 Å². The number of aromatic amines is 1. The van der Waals surface area contributed by atoms with E-state index in [1.165, 1.54) is 0 Å². The van der Waals surface area contributed by atoms with Gasteiger partial charge in [0, 0.05) is 23.6 Å². The van der Waals surface area contributed by atoms with Crippen LogP contribution in [0, 0.1) is 0 Å². The lowest BCUT2D eigenvalue weighted by molar-refractivity contribution is 0.102. The number of nitrogens with one attached hydrogen (secondary N) is 2. The molecule has 2 aromatic heterocycles. The number of carbonyl (C=O) groups excluding carboxylic acids is 1. The molecule has 1 amide bonds. The van der Waals surface area contributed by atoms with E-state index in [-0.39, 0.29) is 5.91 Å². The van der Waals surface area contributed by atoms with E-state index in [1.807, 2.05) is 18.2 Å². The van der Waals surface area contributed by atoms with Crippen LogP contribution >= 0.6 is 0 Å². The number of rotatable bonds is 6. The Morgan fingerprint density at radius 3 is 2.69 bits per heavy atom. The summed E-state index contributed by atoms with van der Waals surface area (Å²) in [5.74, 6) is 1.65. The largest absolute Gasteiger partial charge is 0.497 e. The van der Waals surface area contributed by atoms with Gasteiger partial charge in [-0.25, -0.2) is 0 Å². The summed E-state index contributed by atoms with van der Waals surface area (Å²) in [6.45, 7) is 2.88. The smallest absolute Gasteiger partial charge is 0.256 e. The Labute approximate surface area is 168 Å². The van der Waals surface area contributed by atoms with Crippen LogP contribution in [0.1, 0.15) is 17.3 Å². The lowest BCUT2D eigenvalue weighted by atomic mass is 10.2. The van der Waals surface area contributed by atoms with Crippen LogP contribution in [0.5, 0.6) is 11.5 Å². The summed E-state index contributed by atoms with van der Waals surface area (Å²) < 4.78 is 12.9. The van der Waals surface area contributed by atoms with Crippen molar-refractivity contribution in [2.45, 2.75) is 13.5 Å². The zero-order valence-corrected chi connectivity index (χ0v) is 16.5. The van der Waals surface area contributed by atoms with Crippen molar-refractivity contribution < 1.29 is 14.3 Å². The van der Waals surface area contributed by atoms with E-state index in [4.69, 9.17) is 9.47 Å². The molecule has 0 unspecified atom stereocenters.